The van der Waals surface area contributed by atoms with Crippen LogP contribution in [-0.2, 0) is 5.41 Å². The number of allylic oxidation sites excluding steroid dienone is 4. The first-order valence-corrected chi connectivity index (χ1v) is 16.0. The maximum atomic E-state index is 6.57. The maximum Gasteiger partial charge on any atom is 0.122 e. The van der Waals surface area contributed by atoms with Crippen LogP contribution in [0.3, 0.4) is 0 Å². The molecule has 1 aliphatic rings. The second kappa shape index (κ2) is 6.75. The number of rotatable bonds is 4. The van der Waals surface area contributed by atoms with Crippen molar-refractivity contribution in [2.45, 2.75) is 65.3 Å². The van der Waals surface area contributed by atoms with E-state index in [1.165, 1.54) is 10.8 Å². The summed E-state index contributed by atoms with van der Waals surface area (Å²) in [5.41, 5.74) is 1.21. The van der Waals surface area contributed by atoms with Gasteiger partial charge in [-0.15, -0.1) is 0 Å². The Bertz CT molecular complexity index is 731. The van der Waals surface area contributed by atoms with Crippen LogP contribution in [0.2, 0.25) is 37.8 Å². The van der Waals surface area contributed by atoms with E-state index in [-0.39, 0.29) is 5.41 Å². The van der Waals surface area contributed by atoms with Gasteiger partial charge in [0.1, 0.15) is 13.8 Å². The van der Waals surface area contributed by atoms with Crippen molar-refractivity contribution in [3.63, 3.8) is 0 Å². The predicted molar refractivity (Wildman–Crippen MR) is 118 cm³/mol. The zero-order valence-corrected chi connectivity index (χ0v) is 20.1. The molecule has 0 bridgehead atoms. The van der Waals surface area contributed by atoms with Gasteiger partial charge < -0.3 is 4.74 Å². The summed E-state index contributed by atoms with van der Waals surface area (Å²) in [4.78, 5) is 0. The third-order valence-electron chi connectivity index (χ3n) is 5.23. The summed E-state index contributed by atoms with van der Waals surface area (Å²) >= 11 is 6.57. The second-order valence-electron chi connectivity index (χ2n) is 9.66. The van der Waals surface area contributed by atoms with Crippen molar-refractivity contribution in [3.05, 3.63) is 45.3 Å². The van der Waals surface area contributed by atoms with Crippen LogP contribution in [0.25, 0.3) is 0 Å². The van der Waals surface area contributed by atoms with Crippen molar-refractivity contribution >= 4 is 32.9 Å². The van der Waals surface area contributed by atoms with Crippen molar-refractivity contribution in [3.8, 4) is 5.75 Å². The summed E-state index contributed by atoms with van der Waals surface area (Å²) in [5.74, 6) is 1.04. The molecule has 0 unspecified atom stereocenters. The van der Waals surface area contributed by atoms with Gasteiger partial charge in [0.25, 0.3) is 0 Å². The largest absolute Gasteiger partial charge is 0.497 e. The molecule has 0 N–H and O–H groups in total. The van der Waals surface area contributed by atoms with Gasteiger partial charge in [-0.3, -0.25) is 0 Å². The second-order valence-corrected chi connectivity index (χ2v) is 19.5. The quantitative estimate of drug-likeness (QED) is 0.551. The van der Waals surface area contributed by atoms with Crippen LogP contribution in [0.15, 0.2) is 34.7 Å². The molecule has 138 valence electrons. The SMILES string of the molecule is COc1c(C(C)(C)C)cc(Cl)cc1[Si](C)(C)C1=C([Si](C)(C)C)C=CC1. The summed E-state index contributed by atoms with van der Waals surface area (Å²) < 4.78 is 5.97. The first-order chi connectivity index (χ1) is 11.3. The average Bonchev–Trinajstić information content (AvgIpc) is 2.95. The Morgan fingerprint density at radius 1 is 1.04 bits per heavy atom. The van der Waals surface area contributed by atoms with Crippen LogP contribution in [0, 0.1) is 0 Å². The molecule has 0 aliphatic heterocycles. The molecule has 1 nitrogen and oxygen atoms in total. The molecule has 1 aromatic rings. The minimum absolute atomic E-state index is 0.000608. The van der Waals surface area contributed by atoms with Crippen LogP contribution >= 0.6 is 11.6 Å². The van der Waals surface area contributed by atoms with Gasteiger partial charge in [-0.1, -0.05) is 87.7 Å². The Hall–Kier alpha value is -0.776. The van der Waals surface area contributed by atoms with Crippen LogP contribution in [-0.4, -0.2) is 23.3 Å². The molecule has 0 radical (unpaired) electrons. The van der Waals surface area contributed by atoms with Crippen molar-refractivity contribution in [1.82, 2.24) is 0 Å². The van der Waals surface area contributed by atoms with E-state index in [0.29, 0.717) is 0 Å². The third-order valence-corrected chi connectivity index (χ3v) is 11.5. The lowest BCUT2D eigenvalue weighted by molar-refractivity contribution is 0.400. The Morgan fingerprint density at radius 2 is 1.64 bits per heavy atom. The van der Waals surface area contributed by atoms with Gasteiger partial charge in [0.05, 0.1) is 15.2 Å². The molecule has 0 saturated heterocycles. The molecule has 0 spiro atoms. The highest BCUT2D eigenvalue weighted by Gasteiger charge is 2.38. The van der Waals surface area contributed by atoms with Gasteiger partial charge in [0.15, 0.2) is 0 Å². The molecule has 4 heteroatoms. The van der Waals surface area contributed by atoms with Crippen LogP contribution in [0.5, 0.6) is 5.75 Å². The third kappa shape index (κ3) is 3.99. The number of benzene rings is 1. The van der Waals surface area contributed by atoms with E-state index in [9.17, 15) is 0 Å². The van der Waals surface area contributed by atoms with E-state index in [4.69, 9.17) is 16.3 Å². The highest BCUT2D eigenvalue weighted by Crippen LogP contribution is 2.38. The molecule has 0 atom stereocenters. The number of methoxy groups -OCH3 is 1. The highest BCUT2D eigenvalue weighted by molar-refractivity contribution is 6.98. The van der Waals surface area contributed by atoms with Gasteiger partial charge >= 0.3 is 0 Å². The van der Waals surface area contributed by atoms with Gasteiger partial charge in [-0.25, -0.2) is 0 Å². The normalized spacial score (nSPS) is 15.9. The first kappa shape index (κ1) is 20.5. The molecular formula is C21H33ClOSi2. The minimum atomic E-state index is -1.88. The fourth-order valence-electron chi connectivity index (χ4n) is 3.80. The monoisotopic (exact) mass is 392 g/mol. The lowest BCUT2D eigenvalue weighted by Gasteiger charge is -2.34. The smallest absolute Gasteiger partial charge is 0.122 e. The van der Waals surface area contributed by atoms with Crippen molar-refractivity contribution in [1.29, 1.82) is 0 Å². The number of ether oxygens (including phenoxy) is 1. The summed E-state index contributed by atoms with van der Waals surface area (Å²) in [5, 5.41) is 5.44. The lowest BCUT2D eigenvalue weighted by Crippen LogP contribution is -2.47. The van der Waals surface area contributed by atoms with Crippen LogP contribution in [0.4, 0.5) is 0 Å². The Morgan fingerprint density at radius 3 is 2.12 bits per heavy atom. The molecule has 1 aliphatic carbocycles. The maximum absolute atomic E-state index is 6.57. The van der Waals surface area contributed by atoms with E-state index in [1.54, 1.807) is 17.5 Å². The van der Waals surface area contributed by atoms with Gasteiger partial charge in [-0.05, 0) is 29.2 Å². The summed E-state index contributed by atoms with van der Waals surface area (Å²) in [6.45, 7) is 18.9. The Kier molecular flexibility index (Phi) is 5.54. The Balaban J connectivity index is 2.75. The predicted octanol–water partition coefficient (Wildman–Crippen LogP) is 6.23. The molecule has 0 heterocycles. The molecule has 0 amide bonds. The van der Waals surface area contributed by atoms with Gasteiger partial charge in [-0.2, -0.15) is 0 Å². The number of halogens is 1. The van der Waals surface area contributed by atoms with Crippen molar-refractivity contribution < 1.29 is 4.74 Å². The zero-order chi connectivity index (χ0) is 19.2. The Labute approximate surface area is 161 Å². The molecule has 1 aromatic carbocycles. The zero-order valence-electron chi connectivity index (χ0n) is 17.3. The fraction of sp³-hybridized carbons (Fsp3) is 0.524. The topological polar surface area (TPSA) is 9.23 Å². The summed E-state index contributed by atoms with van der Waals surface area (Å²) in [7, 11) is -1.45. The number of hydrogen-bond acceptors (Lipinski definition) is 1. The van der Waals surface area contributed by atoms with E-state index in [1.807, 2.05) is 0 Å². The lowest BCUT2D eigenvalue weighted by atomic mass is 9.86. The van der Waals surface area contributed by atoms with E-state index >= 15 is 0 Å². The molecule has 2 rings (SSSR count). The summed E-state index contributed by atoms with van der Waals surface area (Å²) in [6, 6.07) is 4.24. The minimum Gasteiger partial charge on any atom is -0.497 e. The molecular weight excluding hydrogens is 360 g/mol. The van der Waals surface area contributed by atoms with Crippen molar-refractivity contribution in [2.75, 3.05) is 7.11 Å². The van der Waals surface area contributed by atoms with E-state index in [0.717, 1.165) is 17.2 Å². The van der Waals surface area contributed by atoms with Crippen molar-refractivity contribution in [2.24, 2.45) is 0 Å². The summed E-state index contributed by atoms with van der Waals surface area (Å²) in [6.07, 6.45) is 5.82. The average molecular weight is 393 g/mol. The molecule has 0 fully saturated rings. The molecule has 25 heavy (non-hydrogen) atoms. The number of hydrogen-bond donors (Lipinski definition) is 0. The van der Waals surface area contributed by atoms with E-state index in [2.05, 4.69) is 77.8 Å². The van der Waals surface area contributed by atoms with Gasteiger partial charge in [0, 0.05) is 10.6 Å². The van der Waals surface area contributed by atoms with Crippen LogP contribution in [0.1, 0.15) is 32.8 Å². The molecule has 0 aromatic heterocycles. The van der Waals surface area contributed by atoms with Gasteiger partial charge in [0.2, 0.25) is 0 Å². The fourth-order valence-corrected chi connectivity index (χ4v) is 10.8. The van der Waals surface area contributed by atoms with E-state index < -0.39 is 16.1 Å². The standard InChI is InChI=1S/C21H33ClOSi2/c1-21(2,3)16-13-15(22)14-19(20(16)23-4)25(8,9)18-12-10-11-17(18)24(5,6)7/h10-11,13-14H,12H2,1-9H3. The highest BCUT2D eigenvalue weighted by atomic mass is 35.5. The van der Waals surface area contributed by atoms with Crippen LogP contribution < -0.4 is 9.92 Å². The first-order valence-electron chi connectivity index (χ1n) is 9.09. The molecule has 0 saturated carbocycles.